The largest absolute Gasteiger partial charge is 0.504 e. The van der Waals surface area contributed by atoms with Gasteiger partial charge in [-0.1, -0.05) is 0 Å². The Bertz CT molecular complexity index is 988. The topological polar surface area (TPSA) is 109 Å². The molecule has 124 valence electrons. The molecule has 0 aliphatic heterocycles. The fraction of sp³-hybridized carbons (Fsp3) is 0.118. The first kappa shape index (κ1) is 15.5. The van der Waals surface area contributed by atoms with Crippen molar-refractivity contribution in [2.24, 2.45) is 0 Å². The third-order valence-electron chi connectivity index (χ3n) is 3.62. The van der Waals surface area contributed by atoms with Crippen LogP contribution in [0.15, 0.2) is 39.5 Å². The zero-order valence-electron chi connectivity index (χ0n) is 12.9. The molecule has 0 bridgehead atoms. The van der Waals surface area contributed by atoms with E-state index in [1.807, 2.05) is 0 Å². The van der Waals surface area contributed by atoms with Crippen LogP contribution >= 0.6 is 0 Å². The highest BCUT2D eigenvalue weighted by molar-refractivity contribution is 5.89. The molecule has 0 atom stereocenters. The van der Waals surface area contributed by atoms with E-state index in [1.165, 1.54) is 38.5 Å². The number of fused-ring (bicyclic) bond motifs is 1. The molecule has 7 nitrogen and oxygen atoms in total. The predicted molar refractivity (Wildman–Crippen MR) is 86.0 cm³/mol. The lowest BCUT2D eigenvalue weighted by atomic mass is 10.1. The first-order valence-electron chi connectivity index (χ1n) is 6.90. The maximum absolute atomic E-state index is 12.3. The normalized spacial score (nSPS) is 10.8. The highest BCUT2D eigenvalue weighted by Gasteiger charge is 2.18. The van der Waals surface area contributed by atoms with Gasteiger partial charge in [-0.05, 0) is 18.2 Å². The van der Waals surface area contributed by atoms with Gasteiger partial charge in [0.05, 0.1) is 14.2 Å². The van der Waals surface area contributed by atoms with Crippen LogP contribution in [0, 0.1) is 0 Å². The summed E-state index contributed by atoms with van der Waals surface area (Å²) in [5.74, 6) is -0.777. The molecule has 0 aliphatic carbocycles. The molecule has 0 fully saturated rings. The van der Waals surface area contributed by atoms with Gasteiger partial charge in [-0.3, -0.25) is 4.79 Å². The molecule has 0 amide bonds. The Morgan fingerprint density at radius 2 is 1.62 bits per heavy atom. The van der Waals surface area contributed by atoms with Crippen LogP contribution in [0.4, 0.5) is 0 Å². The quantitative estimate of drug-likeness (QED) is 0.633. The van der Waals surface area contributed by atoms with E-state index in [9.17, 15) is 20.1 Å². The van der Waals surface area contributed by atoms with Crippen molar-refractivity contribution in [2.75, 3.05) is 14.2 Å². The molecule has 24 heavy (non-hydrogen) atoms. The second-order valence-corrected chi connectivity index (χ2v) is 5.01. The van der Waals surface area contributed by atoms with E-state index in [2.05, 4.69) is 0 Å². The average molecular weight is 330 g/mol. The van der Waals surface area contributed by atoms with Crippen molar-refractivity contribution in [2.45, 2.75) is 0 Å². The maximum atomic E-state index is 12.3. The SMILES string of the molecule is COc1cc(-c2cc(=O)c3c(O)c(O)c(OC)cc3o2)ccc1O. The number of rotatable bonds is 3. The maximum Gasteiger partial charge on any atom is 0.201 e. The fourth-order valence-electron chi connectivity index (χ4n) is 2.40. The molecular weight excluding hydrogens is 316 g/mol. The summed E-state index contributed by atoms with van der Waals surface area (Å²) in [6.07, 6.45) is 0. The van der Waals surface area contributed by atoms with Crippen LogP contribution in [-0.2, 0) is 0 Å². The average Bonchev–Trinajstić information content (AvgIpc) is 2.57. The van der Waals surface area contributed by atoms with Gasteiger partial charge in [0, 0.05) is 17.7 Å². The van der Waals surface area contributed by atoms with E-state index >= 15 is 0 Å². The number of benzene rings is 2. The predicted octanol–water partition coefficient (Wildman–Crippen LogP) is 2.59. The summed E-state index contributed by atoms with van der Waals surface area (Å²) in [5.41, 5.74) is 0.0145. The number of phenolic OH excluding ortho intramolecular Hbond substituents is 3. The molecule has 0 unspecified atom stereocenters. The molecular formula is C17H14O7. The van der Waals surface area contributed by atoms with Crippen molar-refractivity contribution in [1.82, 2.24) is 0 Å². The van der Waals surface area contributed by atoms with E-state index in [4.69, 9.17) is 13.9 Å². The van der Waals surface area contributed by atoms with Gasteiger partial charge < -0.3 is 29.2 Å². The van der Waals surface area contributed by atoms with E-state index in [-0.39, 0.29) is 34.0 Å². The Morgan fingerprint density at radius 3 is 2.29 bits per heavy atom. The molecule has 0 saturated heterocycles. The van der Waals surface area contributed by atoms with Crippen molar-refractivity contribution >= 4 is 11.0 Å². The Hall–Kier alpha value is -3.35. The van der Waals surface area contributed by atoms with Gasteiger partial charge in [0.2, 0.25) is 5.75 Å². The van der Waals surface area contributed by atoms with Crippen molar-refractivity contribution in [3.8, 4) is 40.1 Å². The number of phenols is 3. The molecule has 2 aromatic carbocycles. The lowest BCUT2D eigenvalue weighted by molar-refractivity contribution is 0.352. The summed E-state index contributed by atoms with van der Waals surface area (Å²) in [6, 6.07) is 6.97. The lowest BCUT2D eigenvalue weighted by Crippen LogP contribution is -2.01. The van der Waals surface area contributed by atoms with E-state index in [0.717, 1.165) is 0 Å². The summed E-state index contributed by atoms with van der Waals surface area (Å²) in [5, 5.41) is 29.3. The smallest absolute Gasteiger partial charge is 0.201 e. The van der Waals surface area contributed by atoms with Crippen molar-refractivity contribution in [3.63, 3.8) is 0 Å². The highest BCUT2D eigenvalue weighted by atomic mass is 16.5. The molecule has 1 aromatic heterocycles. The van der Waals surface area contributed by atoms with Gasteiger partial charge >= 0.3 is 0 Å². The molecule has 0 aliphatic rings. The van der Waals surface area contributed by atoms with Gasteiger partial charge in [-0.25, -0.2) is 0 Å². The monoisotopic (exact) mass is 330 g/mol. The number of ether oxygens (including phenoxy) is 2. The van der Waals surface area contributed by atoms with Crippen molar-refractivity contribution < 1.29 is 29.2 Å². The minimum atomic E-state index is -0.604. The second kappa shape index (κ2) is 5.69. The lowest BCUT2D eigenvalue weighted by Gasteiger charge is -2.10. The number of hydrogen-bond acceptors (Lipinski definition) is 7. The van der Waals surface area contributed by atoms with E-state index in [1.54, 1.807) is 6.07 Å². The Kier molecular flexibility index (Phi) is 3.69. The first-order valence-corrected chi connectivity index (χ1v) is 6.90. The van der Waals surface area contributed by atoms with Crippen LogP contribution in [0.1, 0.15) is 0 Å². The molecule has 0 radical (unpaired) electrons. The Morgan fingerprint density at radius 1 is 0.917 bits per heavy atom. The summed E-state index contributed by atoms with van der Waals surface area (Å²) < 4.78 is 15.6. The van der Waals surface area contributed by atoms with Crippen LogP contribution in [0.2, 0.25) is 0 Å². The number of hydrogen-bond donors (Lipinski definition) is 3. The molecule has 3 N–H and O–H groups in total. The number of methoxy groups -OCH3 is 2. The van der Waals surface area contributed by atoms with Crippen LogP contribution in [0.5, 0.6) is 28.7 Å². The summed E-state index contributed by atoms with van der Waals surface area (Å²) in [7, 11) is 2.72. The minimum Gasteiger partial charge on any atom is -0.504 e. The van der Waals surface area contributed by atoms with Crippen LogP contribution < -0.4 is 14.9 Å². The molecule has 7 heteroatoms. The Labute approximate surface area is 135 Å². The van der Waals surface area contributed by atoms with Crippen molar-refractivity contribution in [3.05, 3.63) is 40.6 Å². The van der Waals surface area contributed by atoms with Crippen LogP contribution in [-0.4, -0.2) is 29.5 Å². The van der Waals surface area contributed by atoms with Crippen molar-refractivity contribution in [1.29, 1.82) is 0 Å². The minimum absolute atomic E-state index is 0.0245. The van der Waals surface area contributed by atoms with Gasteiger partial charge in [0.15, 0.2) is 28.4 Å². The molecule has 1 heterocycles. The second-order valence-electron chi connectivity index (χ2n) is 5.01. The van der Waals surface area contributed by atoms with E-state index in [0.29, 0.717) is 5.56 Å². The van der Waals surface area contributed by atoms with E-state index < -0.39 is 16.9 Å². The van der Waals surface area contributed by atoms with Gasteiger partial charge in [0.25, 0.3) is 0 Å². The fourth-order valence-corrected chi connectivity index (χ4v) is 2.40. The van der Waals surface area contributed by atoms with Crippen LogP contribution in [0.3, 0.4) is 0 Å². The molecule has 0 saturated carbocycles. The van der Waals surface area contributed by atoms with Gasteiger partial charge in [-0.2, -0.15) is 0 Å². The number of aromatic hydroxyl groups is 3. The van der Waals surface area contributed by atoms with Gasteiger partial charge in [0.1, 0.15) is 16.7 Å². The standard InChI is InChI=1S/C17H14O7/c1-22-12-5-8(3-4-9(12)18)11-6-10(19)15-13(24-11)7-14(23-2)16(20)17(15)21/h3-7,18,20-21H,1-2H3. The zero-order chi connectivity index (χ0) is 17.4. The zero-order valence-corrected chi connectivity index (χ0v) is 12.9. The summed E-state index contributed by atoms with van der Waals surface area (Å²) in [6.45, 7) is 0. The molecule has 0 spiro atoms. The molecule has 3 rings (SSSR count). The Balaban J connectivity index is 2.28. The highest BCUT2D eigenvalue weighted by Crippen LogP contribution is 2.41. The summed E-state index contributed by atoms with van der Waals surface area (Å²) >= 11 is 0. The first-order chi connectivity index (χ1) is 11.5. The third kappa shape index (κ3) is 2.36. The molecule has 3 aromatic rings. The van der Waals surface area contributed by atoms with Crippen LogP contribution in [0.25, 0.3) is 22.3 Å². The van der Waals surface area contributed by atoms with Gasteiger partial charge in [-0.15, -0.1) is 0 Å². The summed E-state index contributed by atoms with van der Waals surface area (Å²) in [4.78, 5) is 12.3. The third-order valence-corrected chi connectivity index (χ3v) is 3.62.